The van der Waals surface area contributed by atoms with Gasteiger partial charge >= 0.3 is 0 Å². The molecule has 1 aromatic rings. The van der Waals surface area contributed by atoms with Crippen LogP contribution in [0.2, 0.25) is 0 Å². The predicted molar refractivity (Wildman–Crippen MR) is 85.7 cm³/mol. The molecule has 0 aliphatic carbocycles. The van der Waals surface area contributed by atoms with Crippen molar-refractivity contribution in [3.8, 4) is 0 Å². The van der Waals surface area contributed by atoms with E-state index in [4.69, 9.17) is 5.73 Å². The highest BCUT2D eigenvalue weighted by Gasteiger charge is 2.35. The molecule has 0 spiro atoms. The van der Waals surface area contributed by atoms with Crippen LogP contribution in [0.5, 0.6) is 0 Å². The number of carbonyl (C=O) groups is 1. The minimum Gasteiger partial charge on any atom is -0.338 e. The normalized spacial score (nSPS) is 20.6. The van der Waals surface area contributed by atoms with Crippen LogP contribution in [-0.2, 0) is 0 Å². The number of aromatic nitrogens is 1. The molecule has 1 unspecified atom stereocenters. The number of pyridine rings is 1. The molecule has 1 aliphatic heterocycles. The molecule has 2 N–H and O–H groups in total. The molecule has 0 radical (unpaired) electrons. The zero-order chi connectivity index (χ0) is 13.3. The molecule has 0 bridgehead atoms. The molecule has 6 heteroatoms. The van der Waals surface area contributed by atoms with E-state index in [1.54, 1.807) is 12.4 Å². The first kappa shape index (κ1) is 19.2. The number of nitrogens with zero attached hydrogens (tertiary/aromatic N) is 2. The molecular formula is C14H23Cl2N3O. The maximum Gasteiger partial charge on any atom is 0.255 e. The highest BCUT2D eigenvalue weighted by atomic mass is 35.5. The minimum absolute atomic E-state index is 0. The summed E-state index contributed by atoms with van der Waals surface area (Å²) >= 11 is 0. The largest absolute Gasteiger partial charge is 0.338 e. The fraction of sp³-hybridized carbons (Fsp3) is 0.571. The standard InChI is InChI=1S/C14H21N3O.2ClH/c1-10-6-11(8-16-7-10)13(18)17-5-4-12(15)14(2,3)9-17;;/h6-8,12H,4-5,9,15H2,1-3H3;2*1H. The lowest BCUT2D eigenvalue weighted by atomic mass is 9.79. The van der Waals surface area contributed by atoms with Gasteiger partial charge in [-0.15, -0.1) is 24.8 Å². The topological polar surface area (TPSA) is 59.2 Å². The van der Waals surface area contributed by atoms with Gasteiger partial charge in [0.05, 0.1) is 5.56 Å². The van der Waals surface area contributed by atoms with Crippen molar-refractivity contribution in [1.82, 2.24) is 9.88 Å². The van der Waals surface area contributed by atoms with Gasteiger partial charge in [0.2, 0.25) is 0 Å². The second kappa shape index (κ2) is 7.25. The zero-order valence-electron chi connectivity index (χ0n) is 12.1. The Hall–Kier alpha value is -0.840. The van der Waals surface area contributed by atoms with Gasteiger partial charge in [-0.2, -0.15) is 0 Å². The first-order chi connectivity index (χ1) is 8.40. The summed E-state index contributed by atoms with van der Waals surface area (Å²) in [6, 6.07) is 2.05. The van der Waals surface area contributed by atoms with Gasteiger partial charge < -0.3 is 10.6 Å². The van der Waals surface area contributed by atoms with Crippen molar-refractivity contribution >= 4 is 30.7 Å². The molecule has 114 valence electrons. The van der Waals surface area contributed by atoms with Gasteiger partial charge in [0, 0.05) is 31.5 Å². The molecule has 20 heavy (non-hydrogen) atoms. The van der Waals surface area contributed by atoms with Gasteiger partial charge in [0.15, 0.2) is 0 Å². The van der Waals surface area contributed by atoms with Crippen molar-refractivity contribution in [3.05, 3.63) is 29.6 Å². The van der Waals surface area contributed by atoms with Crippen LogP contribution in [0.3, 0.4) is 0 Å². The van der Waals surface area contributed by atoms with Crippen molar-refractivity contribution in [2.75, 3.05) is 13.1 Å². The highest BCUT2D eigenvalue weighted by molar-refractivity contribution is 5.94. The third kappa shape index (κ3) is 4.08. The number of likely N-dealkylation sites (tertiary alicyclic amines) is 1. The smallest absolute Gasteiger partial charge is 0.255 e. The average molecular weight is 320 g/mol. The summed E-state index contributed by atoms with van der Waals surface area (Å²) in [6.07, 6.45) is 4.25. The molecule has 1 aliphatic rings. The van der Waals surface area contributed by atoms with Crippen molar-refractivity contribution in [3.63, 3.8) is 0 Å². The summed E-state index contributed by atoms with van der Waals surface area (Å²) in [4.78, 5) is 18.4. The quantitative estimate of drug-likeness (QED) is 0.864. The van der Waals surface area contributed by atoms with Crippen LogP contribution < -0.4 is 5.73 Å². The van der Waals surface area contributed by atoms with Crippen molar-refractivity contribution in [1.29, 1.82) is 0 Å². The molecule has 2 heterocycles. The SMILES string of the molecule is Cc1cncc(C(=O)N2CCC(N)C(C)(C)C2)c1.Cl.Cl. The van der Waals surface area contributed by atoms with Crippen molar-refractivity contribution in [2.45, 2.75) is 33.2 Å². The lowest BCUT2D eigenvalue weighted by Gasteiger charge is -2.42. The Morgan fingerprint density at radius 3 is 2.60 bits per heavy atom. The summed E-state index contributed by atoms with van der Waals surface area (Å²) in [5, 5.41) is 0. The fourth-order valence-corrected chi connectivity index (χ4v) is 2.40. The van der Waals surface area contributed by atoms with E-state index >= 15 is 0 Å². The number of halogens is 2. The van der Waals surface area contributed by atoms with Gasteiger partial charge in [-0.05, 0) is 30.4 Å². The Balaban J connectivity index is 0.00000180. The van der Waals surface area contributed by atoms with E-state index in [0.717, 1.165) is 18.5 Å². The third-order valence-electron chi connectivity index (χ3n) is 3.72. The number of amides is 1. The summed E-state index contributed by atoms with van der Waals surface area (Å²) in [5.41, 5.74) is 7.74. The lowest BCUT2D eigenvalue weighted by Crippen LogP contribution is -2.54. The molecule has 1 aromatic heterocycles. The molecule has 1 saturated heterocycles. The summed E-state index contributed by atoms with van der Waals surface area (Å²) in [7, 11) is 0. The predicted octanol–water partition coefficient (Wildman–Crippen LogP) is 2.43. The van der Waals surface area contributed by atoms with Crippen LogP contribution in [0, 0.1) is 12.3 Å². The highest BCUT2D eigenvalue weighted by Crippen LogP contribution is 2.28. The minimum atomic E-state index is -0.0227. The first-order valence-electron chi connectivity index (χ1n) is 6.37. The Morgan fingerprint density at radius 1 is 1.40 bits per heavy atom. The second-order valence-electron chi connectivity index (χ2n) is 5.86. The maximum atomic E-state index is 12.4. The number of nitrogens with two attached hydrogens (primary N) is 1. The van der Waals surface area contributed by atoms with Gasteiger partial charge in [-0.3, -0.25) is 9.78 Å². The van der Waals surface area contributed by atoms with Crippen LogP contribution in [0.15, 0.2) is 18.5 Å². The van der Waals surface area contributed by atoms with Crippen LogP contribution in [-0.4, -0.2) is 34.9 Å². The van der Waals surface area contributed by atoms with Crippen molar-refractivity contribution < 1.29 is 4.79 Å². The number of hydrogen-bond acceptors (Lipinski definition) is 3. The van der Waals surface area contributed by atoms with Crippen LogP contribution in [0.1, 0.15) is 36.2 Å². The van der Waals surface area contributed by atoms with Gasteiger partial charge in [0.1, 0.15) is 0 Å². The van der Waals surface area contributed by atoms with E-state index in [9.17, 15) is 4.79 Å². The Kier molecular flexibility index (Phi) is 6.94. The number of piperidine rings is 1. The van der Waals surface area contributed by atoms with E-state index in [1.165, 1.54) is 0 Å². The first-order valence-corrected chi connectivity index (χ1v) is 6.37. The van der Waals surface area contributed by atoms with Crippen LogP contribution in [0.25, 0.3) is 0 Å². The fourth-order valence-electron chi connectivity index (χ4n) is 2.40. The molecular weight excluding hydrogens is 297 g/mol. The summed E-state index contributed by atoms with van der Waals surface area (Å²) in [5.74, 6) is 0.0613. The van der Waals surface area contributed by atoms with E-state index < -0.39 is 0 Å². The number of rotatable bonds is 1. The Morgan fingerprint density at radius 2 is 2.05 bits per heavy atom. The molecule has 4 nitrogen and oxygen atoms in total. The lowest BCUT2D eigenvalue weighted by molar-refractivity contribution is 0.0532. The molecule has 1 amide bonds. The van der Waals surface area contributed by atoms with E-state index in [2.05, 4.69) is 18.8 Å². The second-order valence-corrected chi connectivity index (χ2v) is 5.86. The number of carbonyl (C=O) groups excluding carboxylic acids is 1. The maximum absolute atomic E-state index is 12.4. The average Bonchev–Trinajstić information content (AvgIpc) is 2.31. The van der Waals surface area contributed by atoms with Gasteiger partial charge in [0.25, 0.3) is 5.91 Å². The van der Waals surface area contributed by atoms with E-state index in [0.29, 0.717) is 12.1 Å². The summed E-state index contributed by atoms with van der Waals surface area (Å²) in [6.45, 7) is 7.62. The molecule has 1 fully saturated rings. The molecule has 0 aromatic carbocycles. The number of hydrogen-bond donors (Lipinski definition) is 1. The zero-order valence-corrected chi connectivity index (χ0v) is 13.8. The van der Waals surface area contributed by atoms with E-state index in [-0.39, 0.29) is 42.2 Å². The Labute approximate surface area is 132 Å². The van der Waals surface area contributed by atoms with Gasteiger partial charge in [-0.1, -0.05) is 13.8 Å². The number of aryl methyl sites for hydroxylation is 1. The van der Waals surface area contributed by atoms with Crippen molar-refractivity contribution in [2.24, 2.45) is 11.1 Å². The molecule has 1 atom stereocenters. The monoisotopic (exact) mass is 319 g/mol. The van der Waals surface area contributed by atoms with Crippen LogP contribution >= 0.6 is 24.8 Å². The van der Waals surface area contributed by atoms with Gasteiger partial charge in [-0.25, -0.2) is 0 Å². The van der Waals surface area contributed by atoms with Crippen LogP contribution in [0.4, 0.5) is 0 Å². The third-order valence-corrected chi connectivity index (χ3v) is 3.72. The molecule has 2 rings (SSSR count). The summed E-state index contributed by atoms with van der Waals surface area (Å²) < 4.78 is 0. The Bertz CT molecular complexity index is 465. The molecule has 0 saturated carbocycles. The van der Waals surface area contributed by atoms with E-state index in [1.807, 2.05) is 17.9 Å².